The molecule has 2 unspecified atom stereocenters. The molecule has 0 spiro atoms. The molecule has 1 rings (SSSR count). The van der Waals surface area contributed by atoms with Gasteiger partial charge in [-0.25, -0.2) is 22.4 Å². The van der Waals surface area contributed by atoms with Crippen molar-refractivity contribution >= 4 is 5.97 Å². The van der Waals surface area contributed by atoms with Gasteiger partial charge < -0.3 is 23.7 Å². The first kappa shape index (κ1) is 30.5. The van der Waals surface area contributed by atoms with Crippen molar-refractivity contribution in [2.24, 2.45) is 0 Å². The van der Waals surface area contributed by atoms with Crippen LogP contribution in [0, 0.1) is 0 Å². The Hall–Kier alpha value is -1.53. The van der Waals surface area contributed by atoms with Crippen molar-refractivity contribution in [3.8, 4) is 0 Å². The smallest absolute Gasteiger partial charge is 0.378 e. The van der Waals surface area contributed by atoms with E-state index >= 15 is 0 Å². The van der Waals surface area contributed by atoms with Crippen LogP contribution in [-0.2, 0) is 28.5 Å². The first-order chi connectivity index (χ1) is 15.1. The summed E-state index contributed by atoms with van der Waals surface area (Å²) in [4.78, 5) is 10.8. The minimum Gasteiger partial charge on any atom is -0.465 e. The number of esters is 1. The number of halogens is 12. The number of carbonyl (C=O) groups is 1. The van der Waals surface area contributed by atoms with Crippen molar-refractivity contribution in [3.05, 3.63) is 0 Å². The van der Waals surface area contributed by atoms with Gasteiger partial charge in [-0.2, -0.15) is 35.1 Å². The van der Waals surface area contributed by atoms with Crippen molar-refractivity contribution in [1.29, 1.82) is 0 Å². The fraction of sp³-hybridized carbons (Fsp3) is 0.938. The van der Waals surface area contributed by atoms with Crippen molar-refractivity contribution in [2.45, 2.75) is 67.6 Å². The summed E-state index contributed by atoms with van der Waals surface area (Å²) in [6, 6.07) is 0. The molecule has 1 saturated carbocycles. The Bertz CT molecular complexity index is 702. The Morgan fingerprint density at radius 3 is 1.82 bits per heavy atom. The lowest BCUT2D eigenvalue weighted by Gasteiger charge is -2.45. The number of alkyl halides is 12. The molecule has 34 heavy (non-hydrogen) atoms. The van der Waals surface area contributed by atoms with E-state index in [1.807, 2.05) is 0 Å². The molecule has 0 amide bonds. The zero-order chi connectivity index (χ0) is 26.8. The van der Waals surface area contributed by atoms with Gasteiger partial charge in [-0.15, -0.1) is 0 Å². The van der Waals surface area contributed by atoms with Crippen LogP contribution in [0.5, 0.6) is 0 Å². The first-order valence-electron chi connectivity index (χ1n) is 8.91. The van der Waals surface area contributed by atoms with E-state index in [-0.39, 0.29) is 0 Å². The molecule has 1 aliphatic carbocycles. The molecule has 0 aromatic heterocycles. The van der Waals surface area contributed by atoms with Gasteiger partial charge in [-0.1, -0.05) is 0 Å². The Labute approximate surface area is 183 Å². The highest BCUT2D eigenvalue weighted by atomic mass is 19.3. The van der Waals surface area contributed by atoms with Crippen LogP contribution in [0.25, 0.3) is 0 Å². The third kappa shape index (κ3) is 8.92. The molecule has 6 nitrogen and oxygen atoms in total. The van der Waals surface area contributed by atoms with Gasteiger partial charge in [0, 0.05) is 13.5 Å². The maximum absolute atomic E-state index is 13.8. The molecule has 0 aliphatic heterocycles. The summed E-state index contributed by atoms with van der Waals surface area (Å²) in [5, 5.41) is 0. The van der Waals surface area contributed by atoms with Crippen LogP contribution in [0.1, 0.15) is 19.3 Å². The number of ether oxygens (including phenoxy) is 5. The fourth-order valence-electron chi connectivity index (χ4n) is 2.57. The predicted molar refractivity (Wildman–Crippen MR) is 83.1 cm³/mol. The number of hydrogen-bond donors (Lipinski definition) is 0. The zero-order valence-corrected chi connectivity index (χ0v) is 17.2. The van der Waals surface area contributed by atoms with Crippen LogP contribution in [0.4, 0.5) is 52.7 Å². The highest BCUT2D eigenvalue weighted by Gasteiger charge is 2.65. The molecule has 0 aromatic rings. The lowest BCUT2D eigenvalue weighted by Crippen LogP contribution is -2.62. The van der Waals surface area contributed by atoms with Gasteiger partial charge in [0.1, 0.15) is 32.2 Å². The van der Waals surface area contributed by atoms with Gasteiger partial charge in [-0.3, -0.25) is 0 Å². The molecule has 0 N–H and O–H groups in total. The number of methoxy groups -OCH3 is 2. The second kappa shape index (κ2) is 10.2. The van der Waals surface area contributed by atoms with Crippen LogP contribution in [0.3, 0.4) is 0 Å². The van der Waals surface area contributed by atoms with E-state index in [2.05, 4.69) is 23.7 Å². The van der Waals surface area contributed by atoms with Crippen molar-refractivity contribution in [2.75, 3.05) is 27.4 Å². The van der Waals surface area contributed by atoms with Gasteiger partial charge >= 0.3 is 30.2 Å². The van der Waals surface area contributed by atoms with E-state index in [1.54, 1.807) is 0 Å². The molecule has 1 aliphatic rings. The summed E-state index contributed by atoms with van der Waals surface area (Å²) in [7, 11) is 0.904. The molecule has 18 heteroatoms. The van der Waals surface area contributed by atoms with Crippen LogP contribution >= 0.6 is 0 Å². The van der Waals surface area contributed by atoms with E-state index in [1.165, 1.54) is 0 Å². The Kier molecular flexibility index (Phi) is 9.17. The Balaban J connectivity index is 2.78. The molecule has 0 aromatic carbocycles. The lowest BCUT2D eigenvalue weighted by atomic mass is 9.86. The van der Waals surface area contributed by atoms with Gasteiger partial charge in [0.2, 0.25) is 0 Å². The minimum atomic E-state index is -5.19. The summed E-state index contributed by atoms with van der Waals surface area (Å²) >= 11 is 0. The second-order valence-electron chi connectivity index (χ2n) is 7.17. The summed E-state index contributed by atoms with van der Waals surface area (Å²) in [5.41, 5.74) is 0. The van der Waals surface area contributed by atoms with E-state index in [0.29, 0.717) is 14.2 Å². The molecular weight excluding hydrogens is 516 g/mol. The van der Waals surface area contributed by atoms with E-state index in [9.17, 15) is 57.5 Å². The number of rotatable bonds is 14. The van der Waals surface area contributed by atoms with Gasteiger partial charge in [0.15, 0.2) is 6.10 Å². The van der Waals surface area contributed by atoms with Crippen molar-refractivity contribution in [3.63, 3.8) is 0 Å². The molecular formula is C16H18F12O6. The standard InChI is InChI=1S/C16H18F12O6/c1-30-10(29)13(21,22)5-15(25,26)34-9-8(3-12(9,19)20)33-14(23,24)4-11(17,18)6-32-7-16(27,28)31-2/h8-9H,3-7H2,1-2H3. The maximum Gasteiger partial charge on any atom is 0.378 e. The average molecular weight is 534 g/mol. The average Bonchev–Trinajstić information content (AvgIpc) is 2.62. The normalized spacial score (nSPS) is 21.8. The van der Waals surface area contributed by atoms with Gasteiger partial charge in [-0.05, 0) is 0 Å². The molecule has 2 atom stereocenters. The first-order valence-corrected chi connectivity index (χ1v) is 8.91. The predicted octanol–water partition coefficient (Wildman–Crippen LogP) is 4.46. The van der Waals surface area contributed by atoms with Crippen LogP contribution in [0.2, 0.25) is 0 Å². The third-order valence-electron chi connectivity index (χ3n) is 4.11. The van der Waals surface area contributed by atoms with Gasteiger partial charge in [0.05, 0.1) is 7.11 Å². The molecule has 0 heterocycles. The van der Waals surface area contributed by atoms with E-state index in [4.69, 9.17) is 0 Å². The summed E-state index contributed by atoms with van der Waals surface area (Å²) < 4.78 is 179. The quantitative estimate of drug-likeness (QED) is 0.242. The SMILES string of the molecule is COC(=O)C(F)(F)CC(F)(F)OC1C(OC(F)(F)CC(F)(F)COCC(F)(F)OC)CC1(F)F. The maximum atomic E-state index is 13.8. The molecule has 202 valence electrons. The zero-order valence-electron chi connectivity index (χ0n) is 17.2. The fourth-order valence-corrected chi connectivity index (χ4v) is 2.57. The highest BCUT2D eigenvalue weighted by Crippen LogP contribution is 2.48. The third-order valence-corrected chi connectivity index (χ3v) is 4.11. The lowest BCUT2D eigenvalue weighted by molar-refractivity contribution is -0.400. The van der Waals surface area contributed by atoms with Gasteiger partial charge in [0.25, 0.3) is 11.8 Å². The molecule has 1 fully saturated rings. The topological polar surface area (TPSA) is 63.2 Å². The summed E-state index contributed by atoms with van der Waals surface area (Å²) in [6.07, 6.45) is -27.3. The van der Waals surface area contributed by atoms with Crippen molar-refractivity contribution in [1.82, 2.24) is 0 Å². The minimum absolute atomic E-state index is 0.408. The van der Waals surface area contributed by atoms with E-state index < -0.39 is 86.7 Å². The van der Waals surface area contributed by atoms with E-state index in [0.717, 1.165) is 0 Å². The Morgan fingerprint density at radius 2 is 1.35 bits per heavy atom. The van der Waals surface area contributed by atoms with Crippen LogP contribution < -0.4 is 0 Å². The monoisotopic (exact) mass is 534 g/mol. The van der Waals surface area contributed by atoms with Crippen LogP contribution in [-0.4, -0.2) is 81.7 Å². The molecule has 0 radical (unpaired) electrons. The van der Waals surface area contributed by atoms with Crippen LogP contribution in [0.15, 0.2) is 0 Å². The molecule has 0 saturated heterocycles. The summed E-state index contributed by atoms with van der Waals surface area (Å²) in [5.74, 6) is -16.3. The molecule has 0 bridgehead atoms. The highest BCUT2D eigenvalue weighted by molar-refractivity contribution is 5.77. The summed E-state index contributed by atoms with van der Waals surface area (Å²) in [6.45, 7) is -3.76. The Morgan fingerprint density at radius 1 is 0.824 bits per heavy atom. The number of hydrogen-bond acceptors (Lipinski definition) is 6. The second-order valence-corrected chi connectivity index (χ2v) is 7.17. The number of carbonyl (C=O) groups excluding carboxylic acids is 1. The van der Waals surface area contributed by atoms with Crippen molar-refractivity contribution < 1.29 is 81.2 Å². The largest absolute Gasteiger partial charge is 0.465 e.